The van der Waals surface area contributed by atoms with Gasteiger partial charge in [-0.05, 0) is 50.6 Å². The fourth-order valence-electron chi connectivity index (χ4n) is 2.88. The molecule has 0 aliphatic carbocycles. The number of carbonyl (C=O) groups excluding carboxylic acids is 1. The molecule has 24 heavy (non-hydrogen) atoms. The van der Waals surface area contributed by atoms with Crippen LogP contribution in [0.15, 0.2) is 24.3 Å². The number of rotatable bonds is 5. The summed E-state index contributed by atoms with van der Waals surface area (Å²) >= 11 is 0. The van der Waals surface area contributed by atoms with Gasteiger partial charge in [-0.1, -0.05) is 6.42 Å². The third kappa shape index (κ3) is 5.68. The van der Waals surface area contributed by atoms with Crippen molar-refractivity contribution >= 4 is 11.6 Å². The summed E-state index contributed by atoms with van der Waals surface area (Å²) in [6, 6.07) is 4.93. The number of amides is 1. The minimum atomic E-state index is -4.74. The third-order valence-electron chi connectivity index (χ3n) is 3.94. The topological polar surface area (TPSA) is 61.8 Å². The molecular weight excluding hydrogens is 325 g/mol. The quantitative estimate of drug-likeness (QED) is 0.861. The Kier molecular flexibility index (Phi) is 6.06. The van der Waals surface area contributed by atoms with Gasteiger partial charge < -0.3 is 15.2 Å². The lowest BCUT2D eigenvalue weighted by molar-refractivity contribution is -0.274. The van der Waals surface area contributed by atoms with Crippen molar-refractivity contribution in [3.63, 3.8) is 0 Å². The largest absolute Gasteiger partial charge is 0.573 e. The maximum absolute atomic E-state index is 12.1. The zero-order valence-electron chi connectivity index (χ0n) is 13.3. The Hall–Kier alpha value is -1.80. The summed E-state index contributed by atoms with van der Waals surface area (Å²) in [5.74, 6) is -0.613. The van der Waals surface area contributed by atoms with Gasteiger partial charge >= 0.3 is 6.36 Å². The molecule has 0 bridgehead atoms. The summed E-state index contributed by atoms with van der Waals surface area (Å²) in [5.41, 5.74) is 0.389. The fourth-order valence-corrected chi connectivity index (χ4v) is 2.88. The van der Waals surface area contributed by atoms with Crippen molar-refractivity contribution in [2.24, 2.45) is 0 Å². The van der Waals surface area contributed by atoms with Gasteiger partial charge in [-0.25, -0.2) is 0 Å². The number of aliphatic hydroxyl groups is 1. The van der Waals surface area contributed by atoms with E-state index in [1.54, 1.807) is 6.92 Å². The van der Waals surface area contributed by atoms with Crippen LogP contribution in [0.4, 0.5) is 18.9 Å². The van der Waals surface area contributed by atoms with Gasteiger partial charge in [-0.15, -0.1) is 13.2 Å². The summed E-state index contributed by atoms with van der Waals surface area (Å²) in [7, 11) is 0. The molecule has 1 aromatic carbocycles. The van der Waals surface area contributed by atoms with Crippen molar-refractivity contribution in [3.8, 4) is 5.75 Å². The molecule has 1 aliphatic heterocycles. The standard InChI is InChI=1S/C16H21F3N2O3/c1-11(22)14-4-2-3-9-21(14)10-15(23)20-12-5-7-13(8-6-12)24-16(17,18)19/h5-8,11,14,22H,2-4,9-10H2,1H3,(H,20,23). The monoisotopic (exact) mass is 346 g/mol. The number of hydrogen-bond acceptors (Lipinski definition) is 4. The van der Waals surface area contributed by atoms with E-state index in [0.29, 0.717) is 5.69 Å². The highest BCUT2D eigenvalue weighted by Gasteiger charge is 2.31. The molecule has 2 N–H and O–H groups in total. The lowest BCUT2D eigenvalue weighted by atomic mass is 9.98. The molecule has 5 nitrogen and oxygen atoms in total. The first-order valence-electron chi connectivity index (χ1n) is 7.82. The van der Waals surface area contributed by atoms with Crippen molar-refractivity contribution in [1.82, 2.24) is 4.90 Å². The van der Waals surface area contributed by atoms with E-state index < -0.39 is 12.5 Å². The van der Waals surface area contributed by atoms with Crippen LogP contribution in [0.1, 0.15) is 26.2 Å². The maximum Gasteiger partial charge on any atom is 0.573 e. The van der Waals surface area contributed by atoms with E-state index in [9.17, 15) is 23.1 Å². The molecule has 2 unspecified atom stereocenters. The van der Waals surface area contributed by atoms with Crippen molar-refractivity contribution in [3.05, 3.63) is 24.3 Å². The number of aliphatic hydroxyl groups excluding tert-OH is 1. The van der Waals surface area contributed by atoms with E-state index in [0.717, 1.165) is 37.9 Å². The van der Waals surface area contributed by atoms with E-state index in [1.165, 1.54) is 12.1 Å². The van der Waals surface area contributed by atoms with Crippen LogP contribution in [0.5, 0.6) is 5.75 Å². The Morgan fingerprint density at radius 1 is 1.38 bits per heavy atom. The lowest BCUT2D eigenvalue weighted by Crippen LogP contribution is -2.48. The number of nitrogens with one attached hydrogen (secondary N) is 1. The van der Waals surface area contributed by atoms with Crippen LogP contribution in [-0.4, -0.2) is 47.5 Å². The molecule has 1 saturated heterocycles. The van der Waals surface area contributed by atoms with Crippen molar-refractivity contribution in [2.75, 3.05) is 18.4 Å². The molecule has 1 aliphatic rings. The molecule has 2 rings (SSSR count). The van der Waals surface area contributed by atoms with Gasteiger partial charge in [0.15, 0.2) is 0 Å². The first-order chi connectivity index (χ1) is 11.2. The lowest BCUT2D eigenvalue weighted by Gasteiger charge is -2.36. The second-order valence-corrected chi connectivity index (χ2v) is 5.89. The van der Waals surface area contributed by atoms with Crippen LogP contribution in [0, 0.1) is 0 Å². The smallest absolute Gasteiger partial charge is 0.406 e. The number of hydrogen-bond donors (Lipinski definition) is 2. The van der Waals surface area contributed by atoms with Gasteiger partial charge in [0.2, 0.25) is 5.91 Å². The number of ether oxygens (including phenoxy) is 1. The van der Waals surface area contributed by atoms with E-state index in [1.807, 2.05) is 4.90 Å². The van der Waals surface area contributed by atoms with E-state index in [-0.39, 0.29) is 24.2 Å². The van der Waals surface area contributed by atoms with Crippen LogP contribution in [0.25, 0.3) is 0 Å². The van der Waals surface area contributed by atoms with Crippen molar-refractivity contribution in [1.29, 1.82) is 0 Å². The molecule has 1 amide bonds. The van der Waals surface area contributed by atoms with Crippen LogP contribution in [-0.2, 0) is 4.79 Å². The highest BCUT2D eigenvalue weighted by molar-refractivity contribution is 5.92. The van der Waals surface area contributed by atoms with Gasteiger partial charge in [0.1, 0.15) is 5.75 Å². The predicted octanol–water partition coefficient (Wildman–Crippen LogP) is 2.76. The van der Waals surface area contributed by atoms with E-state index in [2.05, 4.69) is 10.1 Å². The number of halogens is 3. The van der Waals surface area contributed by atoms with Crippen LogP contribution < -0.4 is 10.1 Å². The number of anilines is 1. The average molecular weight is 346 g/mol. The zero-order chi connectivity index (χ0) is 17.7. The molecule has 2 atom stereocenters. The third-order valence-corrected chi connectivity index (χ3v) is 3.94. The van der Waals surface area contributed by atoms with Gasteiger partial charge in [0, 0.05) is 11.7 Å². The summed E-state index contributed by atoms with van der Waals surface area (Å²) in [6.07, 6.45) is -2.42. The molecule has 0 spiro atoms. The molecular formula is C16H21F3N2O3. The average Bonchev–Trinajstić information content (AvgIpc) is 2.48. The molecule has 1 aromatic rings. The van der Waals surface area contributed by atoms with Gasteiger partial charge in [0.05, 0.1) is 12.6 Å². The van der Waals surface area contributed by atoms with Crippen LogP contribution in [0.3, 0.4) is 0 Å². The molecule has 8 heteroatoms. The summed E-state index contributed by atoms with van der Waals surface area (Å²) in [5, 5.41) is 12.4. The molecule has 0 aromatic heterocycles. The highest BCUT2D eigenvalue weighted by Crippen LogP contribution is 2.24. The van der Waals surface area contributed by atoms with E-state index in [4.69, 9.17) is 0 Å². The van der Waals surface area contributed by atoms with Crippen LogP contribution in [0.2, 0.25) is 0 Å². The van der Waals surface area contributed by atoms with E-state index >= 15 is 0 Å². The Labute approximate surface area is 138 Å². The van der Waals surface area contributed by atoms with Crippen LogP contribution >= 0.6 is 0 Å². The van der Waals surface area contributed by atoms with Gasteiger partial charge in [-0.2, -0.15) is 0 Å². The molecule has 134 valence electrons. The number of benzene rings is 1. The normalized spacial score (nSPS) is 20.5. The zero-order valence-corrected chi connectivity index (χ0v) is 13.3. The number of nitrogens with zero attached hydrogens (tertiary/aromatic N) is 1. The number of piperidine rings is 1. The predicted molar refractivity (Wildman–Crippen MR) is 82.6 cm³/mol. The Morgan fingerprint density at radius 3 is 2.62 bits per heavy atom. The van der Waals surface area contributed by atoms with Gasteiger partial charge in [-0.3, -0.25) is 9.69 Å². The van der Waals surface area contributed by atoms with Gasteiger partial charge in [0.25, 0.3) is 0 Å². The molecule has 1 fully saturated rings. The SMILES string of the molecule is CC(O)C1CCCCN1CC(=O)Nc1ccc(OC(F)(F)F)cc1. The highest BCUT2D eigenvalue weighted by atomic mass is 19.4. The Morgan fingerprint density at radius 2 is 2.04 bits per heavy atom. The number of carbonyl (C=O) groups is 1. The molecule has 0 radical (unpaired) electrons. The summed E-state index contributed by atoms with van der Waals surface area (Å²) in [6.45, 7) is 2.58. The first kappa shape index (κ1) is 18.5. The molecule has 0 saturated carbocycles. The second kappa shape index (κ2) is 7.85. The first-order valence-corrected chi connectivity index (χ1v) is 7.82. The van der Waals surface area contributed by atoms with Crippen molar-refractivity contribution in [2.45, 2.75) is 44.7 Å². The molecule has 1 heterocycles. The van der Waals surface area contributed by atoms with Crippen molar-refractivity contribution < 1.29 is 27.8 Å². The minimum Gasteiger partial charge on any atom is -0.406 e. The number of likely N-dealkylation sites (tertiary alicyclic amines) is 1. The maximum atomic E-state index is 12.1. The fraction of sp³-hybridized carbons (Fsp3) is 0.562. The Balaban J connectivity index is 1.89. The summed E-state index contributed by atoms with van der Waals surface area (Å²) < 4.78 is 40.1. The second-order valence-electron chi connectivity index (χ2n) is 5.89. The number of alkyl halides is 3. The minimum absolute atomic E-state index is 0.0490. The Bertz CT molecular complexity index is 546. The summed E-state index contributed by atoms with van der Waals surface area (Å²) in [4.78, 5) is 14.1.